The van der Waals surface area contributed by atoms with Crippen LogP contribution in [0.4, 0.5) is 0 Å². The zero-order valence-corrected chi connectivity index (χ0v) is 12.8. The molecule has 0 rings (SSSR count). The Morgan fingerprint density at radius 3 is 1.82 bits per heavy atom. The molecule has 1 unspecified atom stereocenters. The van der Waals surface area contributed by atoms with Crippen LogP contribution in [0.3, 0.4) is 0 Å². The summed E-state index contributed by atoms with van der Waals surface area (Å²) < 4.78 is 0. The van der Waals surface area contributed by atoms with Gasteiger partial charge in [-0.25, -0.2) is 0 Å². The van der Waals surface area contributed by atoms with Crippen molar-refractivity contribution in [3.63, 3.8) is 0 Å². The van der Waals surface area contributed by atoms with Gasteiger partial charge in [0.25, 0.3) is 0 Å². The molecule has 0 aliphatic heterocycles. The molecule has 0 aromatic heterocycles. The highest BCUT2D eigenvalue weighted by atomic mass is 16.4. The van der Waals surface area contributed by atoms with Crippen LogP contribution < -0.4 is 0 Å². The molecule has 0 amide bonds. The minimum Gasteiger partial charge on any atom is -0.480 e. The molecule has 4 heteroatoms. The number of hydrogen-bond donors (Lipinski definition) is 1. The normalized spacial score (nSPS) is 11.2. The van der Waals surface area contributed by atoms with Crippen molar-refractivity contribution in [2.75, 3.05) is 32.7 Å². The summed E-state index contributed by atoms with van der Waals surface area (Å²) in [5, 5.41) is 9.33. The van der Waals surface area contributed by atoms with Crippen LogP contribution in [0.1, 0.15) is 19.3 Å². The number of carboxylic acid groups (broad SMARTS) is 1. The third kappa shape index (κ3) is 8.04. The molecule has 0 spiro atoms. The van der Waals surface area contributed by atoms with Crippen LogP contribution in [0.25, 0.3) is 0 Å². The van der Waals surface area contributed by atoms with Gasteiger partial charge in [-0.05, 0) is 12.8 Å². The van der Waals surface area contributed by atoms with E-state index in [2.05, 4.69) is 23.7 Å². The molecule has 0 fully saturated rings. The Bertz CT molecular complexity index is 467. The van der Waals surface area contributed by atoms with E-state index in [0.717, 1.165) is 19.4 Å². The van der Waals surface area contributed by atoms with E-state index in [-0.39, 0.29) is 13.1 Å². The first-order valence-corrected chi connectivity index (χ1v) is 7.03. The lowest BCUT2D eigenvalue weighted by Crippen LogP contribution is -2.41. The molecule has 22 heavy (non-hydrogen) atoms. The highest BCUT2D eigenvalue weighted by molar-refractivity contribution is 5.73. The average Bonchev–Trinajstić information content (AvgIpc) is 2.47. The third-order valence-corrected chi connectivity index (χ3v) is 3.15. The first kappa shape index (κ1) is 19.6. The standard InChI is InChI=1S/C18H22N2O2/c1-5-12-19(13-6-2)16-10-9-11-17(18(21)22)20(14-7-3)15-8-4/h1-4,17H,9-16H2,(H,21,22). The van der Waals surface area contributed by atoms with Gasteiger partial charge in [-0.2, -0.15) is 0 Å². The third-order valence-electron chi connectivity index (χ3n) is 3.15. The zero-order valence-electron chi connectivity index (χ0n) is 12.8. The van der Waals surface area contributed by atoms with Crippen molar-refractivity contribution in [3.05, 3.63) is 0 Å². The van der Waals surface area contributed by atoms with Gasteiger partial charge in [0.05, 0.1) is 26.2 Å². The monoisotopic (exact) mass is 298 g/mol. The summed E-state index contributed by atoms with van der Waals surface area (Å²) in [6.07, 6.45) is 23.1. The minimum atomic E-state index is -0.908. The molecule has 0 heterocycles. The van der Waals surface area contributed by atoms with Crippen LogP contribution in [-0.4, -0.2) is 59.6 Å². The first-order chi connectivity index (χ1) is 10.6. The molecule has 0 aromatic rings. The highest BCUT2D eigenvalue weighted by Crippen LogP contribution is 2.10. The fraction of sp³-hybridized carbons (Fsp3) is 0.500. The van der Waals surface area contributed by atoms with Gasteiger partial charge in [0.1, 0.15) is 6.04 Å². The molecule has 0 aliphatic carbocycles. The second kappa shape index (κ2) is 12.4. The Balaban J connectivity index is 4.40. The number of rotatable bonds is 11. The molecule has 4 nitrogen and oxygen atoms in total. The van der Waals surface area contributed by atoms with Crippen molar-refractivity contribution < 1.29 is 9.90 Å². The van der Waals surface area contributed by atoms with E-state index in [0.29, 0.717) is 19.5 Å². The van der Waals surface area contributed by atoms with E-state index in [1.807, 2.05) is 4.90 Å². The lowest BCUT2D eigenvalue weighted by Gasteiger charge is -2.25. The molecular formula is C18H22N2O2. The van der Waals surface area contributed by atoms with Gasteiger partial charge in [0.2, 0.25) is 0 Å². The Labute approximate surface area is 133 Å². The molecule has 0 radical (unpaired) electrons. The van der Waals surface area contributed by atoms with Gasteiger partial charge in [0, 0.05) is 6.54 Å². The molecule has 116 valence electrons. The largest absolute Gasteiger partial charge is 0.480 e. The molecule has 1 N–H and O–H groups in total. The highest BCUT2D eigenvalue weighted by Gasteiger charge is 2.23. The molecule has 1 atom stereocenters. The van der Waals surface area contributed by atoms with Crippen molar-refractivity contribution in [2.24, 2.45) is 0 Å². The maximum Gasteiger partial charge on any atom is 0.320 e. The van der Waals surface area contributed by atoms with E-state index in [1.165, 1.54) is 0 Å². The van der Waals surface area contributed by atoms with Crippen molar-refractivity contribution in [1.82, 2.24) is 9.80 Å². The quantitative estimate of drug-likeness (QED) is 0.451. The van der Waals surface area contributed by atoms with Crippen molar-refractivity contribution >= 4 is 5.97 Å². The predicted molar refractivity (Wildman–Crippen MR) is 88.6 cm³/mol. The first-order valence-electron chi connectivity index (χ1n) is 7.03. The number of hydrogen-bond acceptors (Lipinski definition) is 3. The molecule has 0 aromatic carbocycles. The van der Waals surface area contributed by atoms with Crippen LogP contribution in [0, 0.1) is 49.4 Å². The number of nitrogens with zero attached hydrogens (tertiary/aromatic N) is 2. The van der Waals surface area contributed by atoms with E-state index in [4.69, 9.17) is 25.7 Å². The number of unbranched alkanes of at least 4 members (excludes halogenated alkanes) is 1. The second-order valence-corrected chi connectivity index (χ2v) is 4.78. The lowest BCUT2D eigenvalue weighted by atomic mass is 10.1. The average molecular weight is 298 g/mol. The molecule has 0 saturated heterocycles. The SMILES string of the molecule is C#CCN(CC#C)CCCCC(C(=O)O)N(CC#C)CC#C. The lowest BCUT2D eigenvalue weighted by molar-refractivity contribution is -0.143. The summed E-state index contributed by atoms with van der Waals surface area (Å²) in [5.74, 6) is 9.09. The van der Waals surface area contributed by atoms with E-state index < -0.39 is 12.0 Å². The Hall–Kier alpha value is -2.37. The van der Waals surface area contributed by atoms with Gasteiger partial charge < -0.3 is 5.11 Å². The summed E-state index contributed by atoms with van der Waals surface area (Å²) in [5.41, 5.74) is 0. The Kier molecular flexibility index (Phi) is 11.0. The van der Waals surface area contributed by atoms with E-state index in [9.17, 15) is 9.90 Å². The smallest absolute Gasteiger partial charge is 0.320 e. The Morgan fingerprint density at radius 2 is 1.41 bits per heavy atom. The molecular weight excluding hydrogens is 276 g/mol. The van der Waals surface area contributed by atoms with Crippen molar-refractivity contribution in [1.29, 1.82) is 0 Å². The van der Waals surface area contributed by atoms with Crippen molar-refractivity contribution in [2.45, 2.75) is 25.3 Å². The summed E-state index contributed by atoms with van der Waals surface area (Å²) in [7, 11) is 0. The second-order valence-electron chi connectivity index (χ2n) is 4.78. The van der Waals surface area contributed by atoms with Crippen molar-refractivity contribution in [3.8, 4) is 49.4 Å². The number of aliphatic carboxylic acids is 1. The number of carboxylic acids is 1. The molecule has 0 saturated carbocycles. The summed E-state index contributed by atoms with van der Waals surface area (Å²) >= 11 is 0. The fourth-order valence-electron chi connectivity index (χ4n) is 2.12. The summed E-state index contributed by atoms with van der Waals surface area (Å²) in [4.78, 5) is 15.0. The van der Waals surface area contributed by atoms with Gasteiger partial charge in [-0.15, -0.1) is 25.7 Å². The Morgan fingerprint density at radius 1 is 0.909 bits per heavy atom. The number of carbonyl (C=O) groups is 1. The van der Waals surface area contributed by atoms with Gasteiger partial charge in [0.15, 0.2) is 0 Å². The van der Waals surface area contributed by atoms with Crippen LogP contribution >= 0.6 is 0 Å². The molecule has 0 aliphatic rings. The summed E-state index contributed by atoms with van der Waals surface area (Å²) in [6.45, 7) is 2.17. The van der Waals surface area contributed by atoms with Gasteiger partial charge >= 0.3 is 5.97 Å². The van der Waals surface area contributed by atoms with Crippen LogP contribution in [-0.2, 0) is 4.79 Å². The zero-order chi connectivity index (χ0) is 16.8. The van der Waals surface area contributed by atoms with E-state index >= 15 is 0 Å². The topological polar surface area (TPSA) is 43.8 Å². The van der Waals surface area contributed by atoms with Gasteiger partial charge in [-0.3, -0.25) is 14.6 Å². The maximum absolute atomic E-state index is 11.4. The van der Waals surface area contributed by atoms with Crippen LogP contribution in [0.5, 0.6) is 0 Å². The van der Waals surface area contributed by atoms with Gasteiger partial charge in [-0.1, -0.05) is 30.1 Å². The number of terminal acetylenes is 4. The van der Waals surface area contributed by atoms with Crippen LogP contribution in [0.15, 0.2) is 0 Å². The minimum absolute atomic E-state index is 0.224. The maximum atomic E-state index is 11.4. The molecule has 0 bridgehead atoms. The predicted octanol–water partition coefficient (Wildman–Crippen LogP) is 0.747. The van der Waals surface area contributed by atoms with Crippen LogP contribution in [0.2, 0.25) is 0 Å². The van der Waals surface area contributed by atoms with E-state index in [1.54, 1.807) is 4.90 Å². The fourth-order valence-corrected chi connectivity index (χ4v) is 2.12. The summed E-state index contributed by atoms with van der Waals surface area (Å²) in [6, 6.07) is -0.666.